The van der Waals surface area contributed by atoms with Crippen LogP contribution in [0.15, 0.2) is 67.0 Å². The SMILES string of the molecule is C[C@H]1CN(c2ccc(-c3cnc4c(-c5ccc(C#N)cc5)cccc4c3C3CC3)cn2)C[C@H](C)O1. The van der Waals surface area contributed by atoms with Crippen LogP contribution in [0.1, 0.15) is 43.7 Å². The molecule has 0 radical (unpaired) electrons. The Balaban J connectivity index is 1.40. The molecule has 0 bridgehead atoms. The van der Waals surface area contributed by atoms with Crippen LogP contribution in [0, 0.1) is 11.3 Å². The van der Waals surface area contributed by atoms with Crippen molar-refractivity contribution in [2.24, 2.45) is 0 Å². The molecule has 4 aromatic rings. The molecule has 0 unspecified atom stereocenters. The number of hydrogen-bond acceptors (Lipinski definition) is 5. The first-order chi connectivity index (χ1) is 17.1. The summed E-state index contributed by atoms with van der Waals surface area (Å²) in [5.74, 6) is 1.56. The first kappa shape index (κ1) is 21.8. The molecule has 1 saturated carbocycles. The normalized spacial score (nSPS) is 20.1. The third-order valence-corrected chi connectivity index (χ3v) is 7.05. The highest BCUT2D eigenvalue weighted by molar-refractivity contribution is 5.98. The average Bonchev–Trinajstić information content (AvgIpc) is 3.72. The van der Waals surface area contributed by atoms with Gasteiger partial charge in [-0.05, 0) is 68.0 Å². The summed E-state index contributed by atoms with van der Waals surface area (Å²) >= 11 is 0. The van der Waals surface area contributed by atoms with Gasteiger partial charge in [0, 0.05) is 47.6 Å². The number of nitriles is 1. The maximum absolute atomic E-state index is 9.15. The molecule has 2 aromatic heterocycles. The number of rotatable bonds is 4. The van der Waals surface area contributed by atoms with E-state index in [0.29, 0.717) is 11.5 Å². The van der Waals surface area contributed by atoms with E-state index in [-0.39, 0.29) is 12.2 Å². The summed E-state index contributed by atoms with van der Waals surface area (Å²) in [5, 5.41) is 10.4. The molecule has 2 atom stereocenters. The molecular weight excluding hydrogens is 432 g/mol. The number of hydrogen-bond donors (Lipinski definition) is 0. The lowest BCUT2D eigenvalue weighted by atomic mass is 9.92. The van der Waals surface area contributed by atoms with Crippen molar-refractivity contribution in [1.29, 1.82) is 5.26 Å². The molecule has 1 aliphatic heterocycles. The summed E-state index contributed by atoms with van der Waals surface area (Å²) in [4.78, 5) is 12.1. The topological polar surface area (TPSA) is 62.0 Å². The highest BCUT2D eigenvalue weighted by Crippen LogP contribution is 2.48. The van der Waals surface area contributed by atoms with Crippen molar-refractivity contribution in [3.8, 4) is 28.3 Å². The largest absolute Gasteiger partial charge is 0.372 e. The maximum Gasteiger partial charge on any atom is 0.128 e. The van der Waals surface area contributed by atoms with Gasteiger partial charge in [0.25, 0.3) is 0 Å². The van der Waals surface area contributed by atoms with Crippen LogP contribution in [0.3, 0.4) is 0 Å². The third kappa shape index (κ3) is 4.15. The molecule has 0 N–H and O–H groups in total. The summed E-state index contributed by atoms with van der Waals surface area (Å²) in [5.41, 5.74) is 7.54. The standard InChI is InChI=1S/C30H28N4O/c1-19-17-34(18-20(2)35-19)28-13-12-24(15-32-28)27-16-33-30-25(22-8-6-21(14-31)7-9-22)4-3-5-26(30)29(27)23-10-11-23/h3-9,12-13,15-16,19-20,23H,10-11,17-18H2,1-2H3/t19-,20-/m0/s1. The molecule has 35 heavy (non-hydrogen) atoms. The summed E-state index contributed by atoms with van der Waals surface area (Å²) in [7, 11) is 0. The lowest BCUT2D eigenvalue weighted by molar-refractivity contribution is -0.00545. The van der Waals surface area contributed by atoms with E-state index in [1.54, 1.807) is 0 Å². The molecule has 3 heterocycles. The van der Waals surface area contributed by atoms with E-state index in [0.717, 1.165) is 41.1 Å². The summed E-state index contributed by atoms with van der Waals surface area (Å²) in [6, 6.07) is 20.7. The number of benzene rings is 2. The maximum atomic E-state index is 9.15. The van der Waals surface area contributed by atoms with Gasteiger partial charge in [0.15, 0.2) is 0 Å². The smallest absolute Gasteiger partial charge is 0.128 e. The minimum absolute atomic E-state index is 0.205. The Labute approximate surface area is 206 Å². The molecule has 2 aromatic carbocycles. The Bertz CT molecular complexity index is 1410. The zero-order chi connectivity index (χ0) is 23.9. The van der Waals surface area contributed by atoms with Crippen molar-refractivity contribution in [2.45, 2.75) is 44.8 Å². The van der Waals surface area contributed by atoms with Crippen LogP contribution in [0.5, 0.6) is 0 Å². The minimum Gasteiger partial charge on any atom is -0.372 e. The van der Waals surface area contributed by atoms with E-state index in [1.807, 2.05) is 36.7 Å². The number of pyridine rings is 2. The van der Waals surface area contributed by atoms with Gasteiger partial charge in [0.2, 0.25) is 0 Å². The zero-order valence-electron chi connectivity index (χ0n) is 20.1. The van der Waals surface area contributed by atoms with E-state index < -0.39 is 0 Å². The van der Waals surface area contributed by atoms with Crippen molar-refractivity contribution >= 4 is 16.7 Å². The summed E-state index contributed by atoms with van der Waals surface area (Å²) < 4.78 is 5.88. The Morgan fingerprint density at radius 2 is 1.60 bits per heavy atom. The molecule has 5 heteroatoms. The van der Waals surface area contributed by atoms with Gasteiger partial charge in [-0.25, -0.2) is 4.98 Å². The van der Waals surface area contributed by atoms with E-state index >= 15 is 0 Å². The van der Waals surface area contributed by atoms with Crippen molar-refractivity contribution in [3.05, 3.63) is 78.1 Å². The summed E-state index contributed by atoms with van der Waals surface area (Å²) in [6.07, 6.45) is 6.86. The van der Waals surface area contributed by atoms with Crippen molar-refractivity contribution in [2.75, 3.05) is 18.0 Å². The van der Waals surface area contributed by atoms with Crippen LogP contribution in [-0.2, 0) is 4.74 Å². The molecule has 1 aliphatic carbocycles. The number of morpholine rings is 1. The highest BCUT2D eigenvalue weighted by atomic mass is 16.5. The van der Waals surface area contributed by atoms with E-state index in [2.05, 4.69) is 55.1 Å². The average molecular weight is 461 g/mol. The van der Waals surface area contributed by atoms with Crippen LogP contribution in [0.25, 0.3) is 33.2 Å². The van der Waals surface area contributed by atoms with Gasteiger partial charge in [0.1, 0.15) is 5.82 Å². The second kappa shape index (κ2) is 8.79. The van der Waals surface area contributed by atoms with Gasteiger partial charge in [-0.2, -0.15) is 5.26 Å². The predicted octanol–water partition coefficient (Wildman–Crippen LogP) is 6.33. The monoisotopic (exact) mass is 460 g/mol. The van der Waals surface area contributed by atoms with Crippen molar-refractivity contribution < 1.29 is 4.74 Å². The van der Waals surface area contributed by atoms with Gasteiger partial charge < -0.3 is 9.64 Å². The van der Waals surface area contributed by atoms with Gasteiger partial charge in [-0.1, -0.05) is 30.3 Å². The Hall–Kier alpha value is -3.75. The van der Waals surface area contributed by atoms with Crippen LogP contribution in [0.2, 0.25) is 0 Å². The lowest BCUT2D eigenvalue weighted by Gasteiger charge is -2.36. The van der Waals surface area contributed by atoms with Gasteiger partial charge in [-0.3, -0.25) is 4.98 Å². The molecule has 2 aliphatic rings. The van der Waals surface area contributed by atoms with E-state index in [4.69, 9.17) is 20.0 Å². The van der Waals surface area contributed by atoms with Crippen LogP contribution in [-0.4, -0.2) is 35.3 Å². The molecule has 1 saturated heterocycles. The quantitative estimate of drug-likeness (QED) is 0.356. The minimum atomic E-state index is 0.205. The number of para-hydroxylation sites is 1. The summed E-state index contributed by atoms with van der Waals surface area (Å²) in [6.45, 7) is 5.96. The van der Waals surface area contributed by atoms with Gasteiger partial charge in [-0.15, -0.1) is 0 Å². The number of fused-ring (bicyclic) bond motifs is 1. The van der Waals surface area contributed by atoms with Crippen LogP contribution >= 0.6 is 0 Å². The molecule has 5 nitrogen and oxygen atoms in total. The highest BCUT2D eigenvalue weighted by Gasteiger charge is 2.30. The number of ether oxygens (including phenoxy) is 1. The van der Waals surface area contributed by atoms with Crippen LogP contribution < -0.4 is 4.90 Å². The second-order valence-electron chi connectivity index (χ2n) is 9.82. The number of nitrogens with zero attached hydrogens (tertiary/aromatic N) is 4. The number of aromatic nitrogens is 2. The Kier molecular flexibility index (Phi) is 5.47. The van der Waals surface area contributed by atoms with Crippen molar-refractivity contribution in [1.82, 2.24) is 9.97 Å². The fraction of sp³-hybridized carbons (Fsp3) is 0.300. The molecule has 174 valence electrons. The predicted molar refractivity (Wildman–Crippen MR) is 139 cm³/mol. The van der Waals surface area contributed by atoms with Gasteiger partial charge >= 0.3 is 0 Å². The Morgan fingerprint density at radius 3 is 2.26 bits per heavy atom. The second-order valence-corrected chi connectivity index (χ2v) is 9.82. The molecular formula is C30H28N4O. The fourth-order valence-corrected chi connectivity index (χ4v) is 5.34. The third-order valence-electron chi connectivity index (χ3n) is 7.05. The molecule has 2 fully saturated rings. The molecule has 0 spiro atoms. The zero-order valence-corrected chi connectivity index (χ0v) is 20.1. The fourth-order valence-electron chi connectivity index (χ4n) is 5.34. The molecule has 6 rings (SSSR count). The first-order valence-corrected chi connectivity index (χ1v) is 12.4. The first-order valence-electron chi connectivity index (χ1n) is 12.4. The van der Waals surface area contributed by atoms with Crippen molar-refractivity contribution in [3.63, 3.8) is 0 Å². The Morgan fingerprint density at radius 1 is 0.857 bits per heavy atom. The number of anilines is 1. The lowest BCUT2D eigenvalue weighted by Crippen LogP contribution is -2.45. The van der Waals surface area contributed by atoms with Crippen LogP contribution in [0.4, 0.5) is 5.82 Å². The van der Waals surface area contributed by atoms with E-state index in [9.17, 15) is 0 Å². The van der Waals surface area contributed by atoms with E-state index in [1.165, 1.54) is 29.4 Å². The van der Waals surface area contributed by atoms with Gasteiger partial charge in [0.05, 0.1) is 29.4 Å². The molecule has 0 amide bonds.